The zero-order valence-corrected chi connectivity index (χ0v) is 27.7. The van der Waals surface area contributed by atoms with Crippen molar-refractivity contribution in [3.63, 3.8) is 0 Å². The van der Waals surface area contributed by atoms with Crippen molar-refractivity contribution in [2.45, 2.75) is 48.2 Å². The van der Waals surface area contributed by atoms with Crippen molar-refractivity contribution in [3.8, 4) is 22.3 Å². The summed E-state index contributed by atoms with van der Waals surface area (Å²) in [4.78, 5) is 1.48. The van der Waals surface area contributed by atoms with E-state index in [1.54, 1.807) is 0 Å². The largest absolute Gasteiger partial charge is 0.362 e. The molecule has 0 bridgehead atoms. The van der Waals surface area contributed by atoms with Crippen LogP contribution in [0.3, 0.4) is 0 Å². The molecule has 1 aliphatic heterocycles. The van der Waals surface area contributed by atoms with Gasteiger partial charge in [-0.15, -0.1) is 11.8 Å². The molecule has 0 fully saturated rings. The number of rotatable bonds is 5. The van der Waals surface area contributed by atoms with E-state index in [1.807, 2.05) is 0 Å². The van der Waals surface area contributed by atoms with E-state index in [0.717, 1.165) is 18.5 Å². The van der Waals surface area contributed by atoms with Gasteiger partial charge in [0.15, 0.2) is 0 Å². The molecule has 2 heteroatoms. The smallest absolute Gasteiger partial charge is 0.0386 e. The first kappa shape index (κ1) is 28.4. The Bertz CT molecular complexity index is 2240. The van der Waals surface area contributed by atoms with E-state index in [1.165, 1.54) is 71.3 Å². The Morgan fingerprint density at radius 2 is 1.57 bits per heavy atom. The number of hydrogen-bond donors (Lipinski definition) is 1. The third-order valence-corrected chi connectivity index (χ3v) is 12.0. The molecule has 0 spiro atoms. The van der Waals surface area contributed by atoms with E-state index in [-0.39, 0.29) is 5.41 Å². The van der Waals surface area contributed by atoms with Crippen molar-refractivity contribution in [1.82, 2.24) is 0 Å². The number of nitrogens with one attached hydrogen (secondary N) is 1. The molecule has 9 rings (SSSR count). The summed E-state index contributed by atoms with van der Waals surface area (Å²) in [6.07, 6.45) is 20.2. The van der Waals surface area contributed by atoms with Gasteiger partial charge in [-0.2, -0.15) is 0 Å². The number of benzene rings is 5. The molecule has 0 amide bonds. The highest BCUT2D eigenvalue weighted by atomic mass is 32.2. The van der Waals surface area contributed by atoms with E-state index in [9.17, 15) is 0 Å². The Balaban J connectivity index is 1.10. The minimum atomic E-state index is -0.0234. The van der Waals surface area contributed by atoms with E-state index in [0.29, 0.717) is 11.2 Å². The first-order chi connectivity index (χ1) is 23.1. The quantitative estimate of drug-likeness (QED) is 0.209. The highest BCUT2D eigenvalue weighted by Crippen LogP contribution is 2.59. The van der Waals surface area contributed by atoms with Gasteiger partial charge in [-0.3, -0.25) is 0 Å². The molecule has 2 atom stereocenters. The first-order valence-electron chi connectivity index (χ1n) is 16.8. The molecule has 0 saturated carbocycles. The average Bonchev–Trinajstić information content (AvgIpc) is 3.60. The molecule has 4 aliphatic rings. The number of allylic oxidation sites excluding steroid dienone is 8. The summed E-state index contributed by atoms with van der Waals surface area (Å²) in [6, 6.07) is 36.1. The number of thioether (sulfide) groups is 1. The topological polar surface area (TPSA) is 12.0 Å². The van der Waals surface area contributed by atoms with Gasteiger partial charge in [0, 0.05) is 33.4 Å². The molecule has 0 saturated heterocycles. The minimum absolute atomic E-state index is 0.0234. The molecule has 5 aromatic rings. The summed E-state index contributed by atoms with van der Waals surface area (Å²) in [6.45, 7) is 4.79. The van der Waals surface area contributed by atoms with Gasteiger partial charge in [0.1, 0.15) is 0 Å². The highest BCUT2D eigenvalue weighted by molar-refractivity contribution is 8.00. The van der Waals surface area contributed by atoms with Crippen LogP contribution in [0.15, 0.2) is 156 Å². The summed E-state index contributed by atoms with van der Waals surface area (Å²) in [5, 5.41) is 6.52. The predicted octanol–water partition coefficient (Wildman–Crippen LogP) is 12.2. The van der Waals surface area contributed by atoms with Crippen LogP contribution in [0, 0.1) is 0 Å². The summed E-state index contributed by atoms with van der Waals surface area (Å²) in [7, 11) is 0. The Morgan fingerprint density at radius 3 is 2.49 bits per heavy atom. The molecule has 2 unspecified atom stereocenters. The van der Waals surface area contributed by atoms with Gasteiger partial charge in [0.2, 0.25) is 0 Å². The maximum Gasteiger partial charge on any atom is 0.0386 e. The molecule has 228 valence electrons. The zero-order chi connectivity index (χ0) is 31.5. The fourth-order valence-electron chi connectivity index (χ4n) is 8.14. The second-order valence-electron chi connectivity index (χ2n) is 13.6. The monoisotopic (exact) mass is 623 g/mol. The van der Waals surface area contributed by atoms with Crippen LogP contribution < -0.4 is 5.32 Å². The lowest BCUT2D eigenvalue weighted by molar-refractivity contribution is 0.659. The summed E-state index contributed by atoms with van der Waals surface area (Å²) in [5.74, 6) is 0.467. The van der Waals surface area contributed by atoms with Gasteiger partial charge in [-0.1, -0.05) is 129 Å². The summed E-state index contributed by atoms with van der Waals surface area (Å²) < 4.78 is 0. The van der Waals surface area contributed by atoms with Crippen LogP contribution in [0.25, 0.3) is 38.6 Å². The van der Waals surface area contributed by atoms with Crippen LogP contribution >= 0.6 is 11.8 Å². The van der Waals surface area contributed by atoms with Gasteiger partial charge in [0.25, 0.3) is 0 Å². The fraction of sp³-hybridized carbons (Fsp3) is 0.156. The van der Waals surface area contributed by atoms with Crippen molar-refractivity contribution in [1.29, 1.82) is 0 Å². The molecule has 1 heterocycles. The highest BCUT2D eigenvalue weighted by Gasteiger charge is 2.41. The first-order valence-corrected chi connectivity index (χ1v) is 17.7. The van der Waals surface area contributed by atoms with Crippen LogP contribution in [-0.2, 0) is 5.41 Å². The number of hydrogen-bond acceptors (Lipinski definition) is 2. The Kier molecular flexibility index (Phi) is 6.76. The minimum Gasteiger partial charge on any atom is -0.362 e. The Morgan fingerprint density at radius 1 is 0.766 bits per heavy atom. The summed E-state index contributed by atoms with van der Waals surface area (Å²) in [5.41, 5.74) is 14.9. The van der Waals surface area contributed by atoms with E-state index in [2.05, 4.69) is 177 Å². The van der Waals surface area contributed by atoms with Crippen LogP contribution in [0.2, 0.25) is 0 Å². The maximum atomic E-state index is 3.53. The molecule has 1 N–H and O–H groups in total. The Hall–Kier alpha value is -4.79. The van der Waals surface area contributed by atoms with Crippen molar-refractivity contribution in [3.05, 3.63) is 174 Å². The lowest BCUT2D eigenvalue weighted by Crippen LogP contribution is -2.15. The molecule has 47 heavy (non-hydrogen) atoms. The predicted molar refractivity (Wildman–Crippen MR) is 202 cm³/mol. The van der Waals surface area contributed by atoms with Crippen LogP contribution in [0.4, 0.5) is 5.69 Å². The van der Waals surface area contributed by atoms with E-state index >= 15 is 0 Å². The zero-order valence-electron chi connectivity index (χ0n) is 26.8. The third kappa shape index (κ3) is 4.69. The molecule has 5 aromatic carbocycles. The molecule has 0 aromatic heterocycles. The molecular weight excluding hydrogens is 587 g/mol. The normalized spacial score (nSPS) is 20.0. The average molecular weight is 624 g/mol. The Labute approximate surface area is 282 Å². The SMILES string of the molecule is CC1(C)c2ccc(-c3ccccc3C3=C(/C=C/Nc4ccc5ccccc5c4)C=CCC3)cc2-c2c1ccc1c2SC2C=CC=CC12. The second kappa shape index (κ2) is 11.2. The van der Waals surface area contributed by atoms with Crippen LogP contribution in [-0.4, -0.2) is 5.25 Å². The van der Waals surface area contributed by atoms with Gasteiger partial charge >= 0.3 is 0 Å². The third-order valence-electron chi connectivity index (χ3n) is 10.6. The van der Waals surface area contributed by atoms with E-state index < -0.39 is 0 Å². The number of fused-ring (bicyclic) bond motifs is 8. The van der Waals surface area contributed by atoms with Crippen molar-refractivity contribution in [2.24, 2.45) is 0 Å². The lowest BCUT2D eigenvalue weighted by atomic mass is 9.81. The molecular formula is C45H37NS. The van der Waals surface area contributed by atoms with Crippen molar-refractivity contribution >= 4 is 33.8 Å². The molecule has 0 radical (unpaired) electrons. The van der Waals surface area contributed by atoms with Gasteiger partial charge < -0.3 is 5.32 Å². The molecule has 1 nitrogen and oxygen atoms in total. The van der Waals surface area contributed by atoms with Gasteiger partial charge in [-0.05, 0) is 104 Å². The fourth-order valence-corrected chi connectivity index (χ4v) is 9.64. The molecule has 3 aliphatic carbocycles. The van der Waals surface area contributed by atoms with Crippen LogP contribution in [0.1, 0.15) is 54.9 Å². The second-order valence-corrected chi connectivity index (χ2v) is 14.8. The lowest BCUT2D eigenvalue weighted by Gasteiger charge is -2.22. The van der Waals surface area contributed by atoms with Gasteiger partial charge in [-0.25, -0.2) is 0 Å². The number of anilines is 1. The maximum absolute atomic E-state index is 3.53. The van der Waals surface area contributed by atoms with Crippen molar-refractivity contribution < 1.29 is 0 Å². The van der Waals surface area contributed by atoms with Gasteiger partial charge in [0.05, 0.1) is 0 Å². The summed E-state index contributed by atoms with van der Waals surface area (Å²) >= 11 is 2.06. The standard InChI is InChI=1S/C45H37NS/c1-45(2)40-23-20-32(28-39(40)43-41(45)24-22-38-37-17-9-10-18-42(37)47-44(38)43)35-15-7-8-16-36(35)34-14-6-5-12-30(34)25-26-46-33-21-19-29-11-3-4-13-31(29)27-33/h3-5,7-13,15-28,37,42,46H,6,14H2,1-2H3/b26-25+. The van der Waals surface area contributed by atoms with E-state index in [4.69, 9.17) is 0 Å². The van der Waals surface area contributed by atoms with Crippen LogP contribution in [0.5, 0.6) is 0 Å². The van der Waals surface area contributed by atoms with Crippen molar-refractivity contribution in [2.75, 3.05) is 5.32 Å².